The van der Waals surface area contributed by atoms with Crippen molar-refractivity contribution in [3.63, 3.8) is 0 Å². The highest BCUT2D eigenvalue weighted by Gasteiger charge is 2.19. The minimum atomic E-state index is -0.0355. The first-order chi connectivity index (χ1) is 8.61. The standard InChI is InChI=1S/C14H21ClN2O/c1-10(16)13-3-2-12(8-14(13)15)17-6-4-11(9-18)5-7-17/h2-3,8,10-11,18H,4-7,9,16H2,1H3. The smallest absolute Gasteiger partial charge is 0.0474 e. The maximum absolute atomic E-state index is 9.14. The van der Waals surface area contributed by atoms with Crippen molar-refractivity contribution >= 4 is 17.3 Å². The summed E-state index contributed by atoms with van der Waals surface area (Å²) in [7, 11) is 0. The molecule has 0 bridgehead atoms. The van der Waals surface area contributed by atoms with Gasteiger partial charge in [-0.3, -0.25) is 0 Å². The second-order valence-electron chi connectivity index (χ2n) is 5.11. The highest BCUT2D eigenvalue weighted by Crippen LogP contribution is 2.29. The molecule has 3 N–H and O–H groups in total. The van der Waals surface area contributed by atoms with Gasteiger partial charge in [-0.25, -0.2) is 0 Å². The van der Waals surface area contributed by atoms with Crippen LogP contribution in [-0.4, -0.2) is 24.8 Å². The maximum Gasteiger partial charge on any atom is 0.0474 e. The van der Waals surface area contributed by atoms with Crippen molar-refractivity contribution in [3.8, 4) is 0 Å². The van der Waals surface area contributed by atoms with Gasteiger partial charge in [0.15, 0.2) is 0 Å². The van der Waals surface area contributed by atoms with Crippen LogP contribution in [0, 0.1) is 5.92 Å². The lowest BCUT2D eigenvalue weighted by atomic mass is 9.97. The molecule has 100 valence electrons. The van der Waals surface area contributed by atoms with E-state index in [-0.39, 0.29) is 6.04 Å². The molecule has 0 spiro atoms. The quantitative estimate of drug-likeness (QED) is 0.886. The van der Waals surface area contributed by atoms with Crippen molar-refractivity contribution < 1.29 is 5.11 Å². The highest BCUT2D eigenvalue weighted by atomic mass is 35.5. The number of hydrogen-bond acceptors (Lipinski definition) is 3. The maximum atomic E-state index is 9.14. The van der Waals surface area contributed by atoms with Gasteiger partial charge in [-0.2, -0.15) is 0 Å². The van der Waals surface area contributed by atoms with E-state index in [4.69, 9.17) is 22.4 Å². The van der Waals surface area contributed by atoms with Crippen LogP contribution in [0.2, 0.25) is 5.02 Å². The van der Waals surface area contributed by atoms with Crippen molar-refractivity contribution in [1.29, 1.82) is 0 Å². The van der Waals surface area contributed by atoms with Gasteiger partial charge < -0.3 is 15.7 Å². The van der Waals surface area contributed by atoms with Crippen LogP contribution >= 0.6 is 11.6 Å². The first-order valence-corrected chi connectivity index (χ1v) is 6.90. The zero-order valence-corrected chi connectivity index (χ0v) is 11.5. The summed E-state index contributed by atoms with van der Waals surface area (Å²) in [6.45, 7) is 4.21. The number of aliphatic hydroxyl groups excluding tert-OH is 1. The Morgan fingerprint density at radius 1 is 1.44 bits per heavy atom. The van der Waals surface area contributed by atoms with Crippen LogP contribution in [-0.2, 0) is 0 Å². The van der Waals surface area contributed by atoms with Gasteiger partial charge in [0, 0.05) is 36.4 Å². The predicted molar refractivity (Wildman–Crippen MR) is 76.1 cm³/mol. The van der Waals surface area contributed by atoms with Crippen LogP contribution in [0.1, 0.15) is 31.4 Å². The minimum absolute atomic E-state index is 0.0355. The van der Waals surface area contributed by atoms with E-state index in [1.54, 1.807) is 0 Å². The minimum Gasteiger partial charge on any atom is -0.396 e. The SMILES string of the molecule is CC(N)c1ccc(N2CCC(CO)CC2)cc1Cl. The summed E-state index contributed by atoms with van der Waals surface area (Å²) in [6.07, 6.45) is 2.09. The number of aliphatic hydroxyl groups is 1. The van der Waals surface area contributed by atoms with Gasteiger partial charge in [-0.15, -0.1) is 0 Å². The Balaban J connectivity index is 2.08. The van der Waals surface area contributed by atoms with Crippen LogP contribution < -0.4 is 10.6 Å². The zero-order valence-electron chi connectivity index (χ0n) is 10.8. The van der Waals surface area contributed by atoms with E-state index in [2.05, 4.69) is 11.0 Å². The Bertz CT molecular complexity index is 401. The topological polar surface area (TPSA) is 49.5 Å². The van der Waals surface area contributed by atoms with Crippen molar-refractivity contribution in [2.45, 2.75) is 25.8 Å². The molecule has 1 aromatic rings. The number of benzene rings is 1. The van der Waals surface area contributed by atoms with Crippen molar-refractivity contribution in [2.75, 3.05) is 24.6 Å². The third-order valence-electron chi connectivity index (χ3n) is 3.71. The molecule has 0 amide bonds. The lowest BCUT2D eigenvalue weighted by Gasteiger charge is -2.33. The molecule has 0 radical (unpaired) electrons. The van der Waals surface area contributed by atoms with Gasteiger partial charge in [-0.05, 0) is 43.4 Å². The second-order valence-corrected chi connectivity index (χ2v) is 5.51. The number of halogens is 1. The molecular formula is C14H21ClN2O. The predicted octanol–water partition coefficient (Wildman–Crippen LogP) is 2.57. The van der Waals surface area contributed by atoms with E-state index >= 15 is 0 Å². The Hall–Kier alpha value is -0.770. The summed E-state index contributed by atoms with van der Waals surface area (Å²) in [5.41, 5.74) is 8.00. The molecular weight excluding hydrogens is 248 g/mol. The lowest BCUT2D eigenvalue weighted by Crippen LogP contribution is -2.34. The second kappa shape index (κ2) is 5.91. The monoisotopic (exact) mass is 268 g/mol. The number of piperidine rings is 1. The van der Waals surface area contributed by atoms with Crippen molar-refractivity contribution in [1.82, 2.24) is 0 Å². The molecule has 0 aromatic heterocycles. The van der Waals surface area contributed by atoms with Crippen LogP contribution in [0.15, 0.2) is 18.2 Å². The highest BCUT2D eigenvalue weighted by molar-refractivity contribution is 6.31. The molecule has 0 saturated carbocycles. The first-order valence-electron chi connectivity index (χ1n) is 6.52. The Morgan fingerprint density at radius 2 is 2.11 bits per heavy atom. The largest absolute Gasteiger partial charge is 0.396 e. The molecule has 3 nitrogen and oxygen atoms in total. The fraction of sp³-hybridized carbons (Fsp3) is 0.571. The van der Waals surface area contributed by atoms with Crippen molar-refractivity contribution in [2.24, 2.45) is 11.7 Å². The van der Waals surface area contributed by atoms with Crippen LogP contribution in [0.5, 0.6) is 0 Å². The van der Waals surface area contributed by atoms with Crippen LogP contribution in [0.25, 0.3) is 0 Å². The summed E-state index contributed by atoms with van der Waals surface area (Å²) in [4.78, 5) is 2.32. The summed E-state index contributed by atoms with van der Waals surface area (Å²) >= 11 is 6.25. The summed E-state index contributed by atoms with van der Waals surface area (Å²) in [5.74, 6) is 0.458. The fourth-order valence-electron chi connectivity index (χ4n) is 2.46. The first kappa shape index (κ1) is 13.7. The van der Waals surface area contributed by atoms with E-state index in [1.165, 1.54) is 0 Å². The fourth-order valence-corrected chi connectivity index (χ4v) is 2.80. The molecule has 4 heteroatoms. The van der Waals surface area contributed by atoms with Crippen LogP contribution in [0.3, 0.4) is 0 Å². The molecule has 18 heavy (non-hydrogen) atoms. The lowest BCUT2D eigenvalue weighted by molar-refractivity contribution is 0.203. The van der Waals surface area contributed by atoms with Gasteiger partial charge in [-0.1, -0.05) is 17.7 Å². The molecule has 2 rings (SSSR count). The summed E-state index contributed by atoms with van der Waals surface area (Å²) in [6, 6.07) is 6.07. The van der Waals surface area contributed by atoms with Gasteiger partial charge in [0.05, 0.1) is 0 Å². The molecule has 1 atom stereocenters. The molecule has 1 fully saturated rings. The van der Waals surface area contributed by atoms with Crippen LogP contribution in [0.4, 0.5) is 5.69 Å². The Morgan fingerprint density at radius 3 is 2.61 bits per heavy atom. The van der Waals surface area contributed by atoms with Gasteiger partial charge in [0.25, 0.3) is 0 Å². The molecule has 1 heterocycles. The number of rotatable bonds is 3. The van der Waals surface area contributed by atoms with E-state index in [0.29, 0.717) is 12.5 Å². The van der Waals surface area contributed by atoms with Gasteiger partial charge in [0.1, 0.15) is 0 Å². The zero-order chi connectivity index (χ0) is 13.1. The molecule has 1 aliphatic heterocycles. The van der Waals surface area contributed by atoms with Gasteiger partial charge >= 0.3 is 0 Å². The molecule has 1 unspecified atom stereocenters. The van der Waals surface area contributed by atoms with E-state index < -0.39 is 0 Å². The Kier molecular flexibility index (Phi) is 4.49. The third kappa shape index (κ3) is 2.97. The molecule has 1 aromatic carbocycles. The molecule has 1 saturated heterocycles. The number of nitrogens with zero attached hydrogens (tertiary/aromatic N) is 1. The van der Waals surface area contributed by atoms with Crippen molar-refractivity contribution in [3.05, 3.63) is 28.8 Å². The number of anilines is 1. The molecule has 0 aliphatic carbocycles. The number of hydrogen-bond donors (Lipinski definition) is 2. The van der Waals surface area contributed by atoms with E-state index in [9.17, 15) is 0 Å². The molecule has 1 aliphatic rings. The number of nitrogens with two attached hydrogens (primary N) is 1. The normalized spacial score (nSPS) is 19.0. The average Bonchev–Trinajstić information content (AvgIpc) is 2.38. The Labute approximate surface area is 114 Å². The third-order valence-corrected chi connectivity index (χ3v) is 4.04. The van der Waals surface area contributed by atoms with E-state index in [1.807, 2.05) is 19.1 Å². The summed E-state index contributed by atoms with van der Waals surface area (Å²) < 4.78 is 0. The average molecular weight is 269 g/mol. The van der Waals surface area contributed by atoms with Gasteiger partial charge in [0.2, 0.25) is 0 Å². The summed E-state index contributed by atoms with van der Waals surface area (Å²) in [5, 5.41) is 9.88. The van der Waals surface area contributed by atoms with E-state index in [0.717, 1.165) is 42.2 Å².